The number of aliphatic imine (C=N–C) groups is 1. The summed E-state index contributed by atoms with van der Waals surface area (Å²) < 4.78 is 0. The molecule has 2 aromatic rings. The lowest BCUT2D eigenvalue weighted by atomic mass is 10.2. The Bertz CT molecular complexity index is 791. The van der Waals surface area contributed by atoms with Gasteiger partial charge in [-0.05, 0) is 48.7 Å². The van der Waals surface area contributed by atoms with Crippen molar-refractivity contribution in [2.24, 2.45) is 10.7 Å². The number of rotatable bonds is 4. The van der Waals surface area contributed by atoms with Gasteiger partial charge >= 0.3 is 0 Å². The molecule has 1 aromatic carbocycles. The lowest BCUT2D eigenvalue weighted by Crippen LogP contribution is -2.51. The number of aromatic nitrogens is 1. The van der Waals surface area contributed by atoms with Crippen molar-refractivity contribution >= 4 is 29.1 Å². The number of guanidine groups is 1. The molecule has 0 unspecified atom stereocenters. The predicted molar refractivity (Wildman–Crippen MR) is 116 cm³/mol. The van der Waals surface area contributed by atoms with Gasteiger partial charge in [0.25, 0.3) is 0 Å². The van der Waals surface area contributed by atoms with Crippen LogP contribution in [0, 0.1) is 0 Å². The summed E-state index contributed by atoms with van der Waals surface area (Å²) in [6.07, 6.45) is 4.44. The van der Waals surface area contributed by atoms with Gasteiger partial charge < -0.3 is 20.4 Å². The lowest BCUT2D eigenvalue weighted by molar-refractivity contribution is 0.380. The minimum absolute atomic E-state index is 0.566. The van der Waals surface area contributed by atoms with Gasteiger partial charge in [-0.1, -0.05) is 17.7 Å². The Morgan fingerprint density at radius 2 is 1.64 bits per heavy atom. The molecule has 0 aliphatic carbocycles. The summed E-state index contributed by atoms with van der Waals surface area (Å²) in [5.41, 5.74) is 8.53. The van der Waals surface area contributed by atoms with Crippen molar-refractivity contribution in [3.8, 4) is 0 Å². The number of nitrogens with two attached hydrogens (primary N) is 1. The van der Waals surface area contributed by atoms with E-state index < -0.39 is 0 Å². The van der Waals surface area contributed by atoms with E-state index in [9.17, 15) is 0 Å². The van der Waals surface area contributed by atoms with Crippen molar-refractivity contribution in [2.45, 2.75) is 19.4 Å². The van der Waals surface area contributed by atoms with E-state index in [1.54, 1.807) is 0 Å². The van der Waals surface area contributed by atoms with Crippen molar-refractivity contribution in [1.82, 2.24) is 9.88 Å². The molecule has 2 saturated heterocycles. The zero-order chi connectivity index (χ0) is 19.3. The number of nitrogens with zero attached hydrogens (tertiary/aromatic N) is 5. The summed E-state index contributed by atoms with van der Waals surface area (Å²) in [5.74, 6) is 1.68. The highest BCUT2D eigenvalue weighted by Gasteiger charge is 2.18. The molecule has 0 amide bonds. The number of hydrogen-bond acceptors (Lipinski definition) is 4. The van der Waals surface area contributed by atoms with Crippen molar-refractivity contribution in [3.05, 3.63) is 53.2 Å². The third kappa shape index (κ3) is 4.50. The van der Waals surface area contributed by atoms with Gasteiger partial charge in [0.1, 0.15) is 5.82 Å². The van der Waals surface area contributed by atoms with Crippen molar-refractivity contribution in [3.63, 3.8) is 0 Å². The minimum atomic E-state index is 0.566. The highest BCUT2D eigenvalue weighted by molar-refractivity contribution is 6.30. The quantitative estimate of drug-likeness (QED) is 0.633. The van der Waals surface area contributed by atoms with E-state index in [1.807, 2.05) is 18.3 Å². The molecule has 0 bridgehead atoms. The first kappa shape index (κ1) is 18.9. The summed E-state index contributed by atoms with van der Waals surface area (Å²) in [5, 5.41) is 0.765. The molecule has 2 N–H and O–H groups in total. The fourth-order valence-corrected chi connectivity index (χ4v) is 3.89. The van der Waals surface area contributed by atoms with Crippen LogP contribution in [0.25, 0.3) is 0 Å². The third-order valence-electron chi connectivity index (χ3n) is 5.46. The second kappa shape index (κ2) is 8.69. The number of hydrogen-bond donors (Lipinski definition) is 1. The van der Waals surface area contributed by atoms with E-state index in [1.165, 1.54) is 18.5 Å². The van der Waals surface area contributed by atoms with E-state index in [2.05, 4.69) is 48.9 Å². The molecule has 28 heavy (non-hydrogen) atoms. The Hall–Kier alpha value is -2.47. The molecule has 0 radical (unpaired) electrons. The summed E-state index contributed by atoms with van der Waals surface area (Å²) >= 11 is 5.98. The number of halogens is 1. The third-order valence-corrected chi connectivity index (χ3v) is 5.71. The molecule has 6 nitrogen and oxygen atoms in total. The Labute approximate surface area is 171 Å². The minimum Gasteiger partial charge on any atom is -0.370 e. The smallest absolute Gasteiger partial charge is 0.191 e. The van der Waals surface area contributed by atoms with Crippen LogP contribution in [-0.2, 0) is 6.54 Å². The van der Waals surface area contributed by atoms with Gasteiger partial charge in [-0.3, -0.25) is 0 Å². The van der Waals surface area contributed by atoms with E-state index in [0.29, 0.717) is 12.5 Å². The zero-order valence-electron chi connectivity index (χ0n) is 16.1. The fourth-order valence-electron chi connectivity index (χ4n) is 3.76. The first-order valence-corrected chi connectivity index (χ1v) is 10.3. The van der Waals surface area contributed by atoms with Crippen molar-refractivity contribution in [1.29, 1.82) is 0 Å². The van der Waals surface area contributed by atoms with Gasteiger partial charge in [-0.15, -0.1) is 0 Å². The molecule has 0 saturated carbocycles. The second-order valence-corrected chi connectivity index (χ2v) is 7.78. The SMILES string of the molecule is NC(=NCc1ccc(N2CCCC2)nc1)N1CCN(c2ccc(Cl)cc2)CC1. The van der Waals surface area contributed by atoms with Crippen LogP contribution >= 0.6 is 11.6 Å². The normalized spacial score (nSPS) is 18.0. The molecular weight excluding hydrogens is 372 g/mol. The number of anilines is 2. The number of pyridine rings is 1. The summed E-state index contributed by atoms with van der Waals surface area (Å²) in [4.78, 5) is 16.0. The molecule has 0 spiro atoms. The summed E-state index contributed by atoms with van der Waals surface area (Å²) in [7, 11) is 0. The highest BCUT2D eigenvalue weighted by atomic mass is 35.5. The van der Waals surface area contributed by atoms with Crippen LogP contribution in [0.4, 0.5) is 11.5 Å². The van der Waals surface area contributed by atoms with Gasteiger partial charge in [-0.2, -0.15) is 0 Å². The molecule has 7 heteroatoms. The van der Waals surface area contributed by atoms with E-state index in [-0.39, 0.29) is 0 Å². The van der Waals surface area contributed by atoms with Gasteiger partial charge in [0, 0.05) is 56.2 Å². The maximum Gasteiger partial charge on any atom is 0.191 e. The van der Waals surface area contributed by atoms with E-state index in [4.69, 9.17) is 17.3 Å². The second-order valence-electron chi connectivity index (χ2n) is 7.34. The van der Waals surface area contributed by atoms with Crippen LogP contribution in [0.5, 0.6) is 0 Å². The largest absolute Gasteiger partial charge is 0.370 e. The molecule has 2 aliphatic heterocycles. The van der Waals surface area contributed by atoms with Crippen LogP contribution in [0.2, 0.25) is 5.02 Å². The number of benzene rings is 1. The summed E-state index contributed by atoms with van der Waals surface area (Å²) in [6, 6.07) is 12.2. The highest BCUT2D eigenvalue weighted by Crippen LogP contribution is 2.20. The Morgan fingerprint density at radius 1 is 0.929 bits per heavy atom. The van der Waals surface area contributed by atoms with Gasteiger partial charge in [0.2, 0.25) is 0 Å². The van der Waals surface area contributed by atoms with Gasteiger partial charge in [0.05, 0.1) is 6.54 Å². The molecule has 1 aromatic heterocycles. The fraction of sp³-hybridized carbons (Fsp3) is 0.429. The standard InChI is InChI=1S/C21H27ClN6/c22-18-4-6-19(7-5-18)26-11-13-28(14-12-26)21(23)25-16-17-3-8-20(24-15-17)27-9-1-2-10-27/h3-8,15H,1-2,9-14,16H2,(H2,23,25). The zero-order valence-corrected chi connectivity index (χ0v) is 16.9. The molecule has 3 heterocycles. The predicted octanol–water partition coefficient (Wildman–Crippen LogP) is 2.97. The first-order chi connectivity index (χ1) is 13.7. The average Bonchev–Trinajstić information content (AvgIpc) is 3.28. The molecule has 148 valence electrons. The van der Waals surface area contributed by atoms with Gasteiger partial charge in [0.15, 0.2) is 5.96 Å². The Balaban J connectivity index is 1.29. The molecular formula is C21H27ClN6. The maximum absolute atomic E-state index is 6.24. The number of piperazine rings is 1. The lowest BCUT2D eigenvalue weighted by Gasteiger charge is -2.36. The molecule has 4 rings (SSSR count). The maximum atomic E-state index is 6.24. The Morgan fingerprint density at radius 3 is 2.29 bits per heavy atom. The topological polar surface area (TPSA) is 61.0 Å². The summed E-state index contributed by atoms with van der Waals surface area (Å²) in [6.45, 7) is 6.36. The van der Waals surface area contributed by atoms with Gasteiger partial charge in [-0.25, -0.2) is 9.98 Å². The van der Waals surface area contributed by atoms with Crippen molar-refractivity contribution in [2.75, 3.05) is 49.1 Å². The first-order valence-electron chi connectivity index (χ1n) is 9.94. The van der Waals surface area contributed by atoms with Crippen molar-refractivity contribution < 1.29 is 0 Å². The van der Waals surface area contributed by atoms with E-state index >= 15 is 0 Å². The van der Waals surface area contributed by atoms with Crippen LogP contribution in [0.1, 0.15) is 18.4 Å². The van der Waals surface area contributed by atoms with Crippen LogP contribution < -0.4 is 15.5 Å². The van der Waals surface area contributed by atoms with Crippen LogP contribution in [0.15, 0.2) is 47.6 Å². The van der Waals surface area contributed by atoms with E-state index in [0.717, 1.165) is 55.7 Å². The average molecular weight is 399 g/mol. The molecule has 0 atom stereocenters. The van der Waals surface area contributed by atoms with Crippen LogP contribution in [-0.4, -0.2) is 55.1 Å². The van der Waals surface area contributed by atoms with Crippen LogP contribution in [0.3, 0.4) is 0 Å². The molecule has 2 aliphatic rings. The molecule has 2 fully saturated rings. The Kier molecular flexibility index (Phi) is 5.86. The monoisotopic (exact) mass is 398 g/mol.